The van der Waals surface area contributed by atoms with Crippen LogP contribution in [-0.4, -0.2) is 41.6 Å². The number of methoxy groups -OCH3 is 1. The largest absolute Gasteiger partial charge is 0.493 e. The first-order valence-corrected chi connectivity index (χ1v) is 12.8. The summed E-state index contributed by atoms with van der Waals surface area (Å²) in [5, 5.41) is 10.8. The highest BCUT2D eigenvalue weighted by atomic mass is 35.5. The first-order chi connectivity index (χ1) is 17.5. The Bertz CT molecular complexity index is 1390. The highest BCUT2D eigenvalue weighted by Gasteiger charge is 2.42. The lowest BCUT2D eigenvalue weighted by molar-refractivity contribution is -0.135. The van der Waals surface area contributed by atoms with E-state index in [1.807, 2.05) is 16.8 Å². The number of ketones is 1. The van der Waals surface area contributed by atoms with E-state index in [9.17, 15) is 9.18 Å². The van der Waals surface area contributed by atoms with Gasteiger partial charge < -0.3 is 20.1 Å². The molecule has 5 rings (SSSR count). The van der Waals surface area contributed by atoms with Crippen molar-refractivity contribution in [1.29, 1.82) is 0 Å². The van der Waals surface area contributed by atoms with E-state index >= 15 is 0 Å². The fourth-order valence-electron chi connectivity index (χ4n) is 4.34. The fourth-order valence-corrected chi connectivity index (χ4v) is 5.18. The van der Waals surface area contributed by atoms with Crippen molar-refractivity contribution in [2.45, 2.75) is 24.9 Å². The second-order valence-corrected chi connectivity index (χ2v) is 9.76. The minimum absolute atomic E-state index is 0.0000664. The molecular weight excluding hydrogens is 503 g/mol. The van der Waals surface area contributed by atoms with Crippen LogP contribution in [0.2, 0.25) is 5.02 Å². The smallest absolute Gasteiger partial charge is 0.182 e. The Balaban J connectivity index is 1.54. The van der Waals surface area contributed by atoms with E-state index < -0.39 is 11.4 Å². The summed E-state index contributed by atoms with van der Waals surface area (Å²) in [5.74, 6) is 0.612. The molecule has 3 heterocycles. The van der Waals surface area contributed by atoms with Gasteiger partial charge in [0, 0.05) is 24.4 Å². The summed E-state index contributed by atoms with van der Waals surface area (Å²) in [6, 6.07) is 10.1. The number of carbonyl (C=O) groups excluding carboxylic acids is 1. The number of hydrogen-bond acceptors (Lipinski definition) is 8. The Kier molecular flexibility index (Phi) is 7.04. The van der Waals surface area contributed by atoms with Crippen LogP contribution in [0.25, 0.3) is 10.9 Å². The first kappa shape index (κ1) is 24.4. The van der Waals surface area contributed by atoms with Gasteiger partial charge in [-0.15, -0.1) is 0 Å². The van der Waals surface area contributed by atoms with Crippen LogP contribution >= 0.6 is 22.9 Å². The maximum Gasteiger partial charge on any atom is 0.182 e. The van der Waals surface area contributed by atoms with Crippen LogP contribution in [0.15, 0.2) is 53.5 Å². The standard InChI is InChI=1S/C26H24ClFN4O3S/c1-34-21-12-20-17(25(31-15-30-20)32-19-5-2-4-18(27)24(19)28)11-22(21)35-26(7-3-8-29-14-26)23(33)10-16-6-9-36-13-16/h2,4-6,9,11-13,15,29H,3,7-8,10,14H2,1H3,(H,30,31,32)/t26-/m1/s1. The Morgan fingerprint density at radius 3 is 2.92 bits per heavy atom. The summed E-state index contributed by atoms with van der Waals surface area (Å²) in [7, 11) is 1.54. The van der Waals surface area contributed by atoms with Crippen LogP contribution in [0, 0.1) is 5.82 Å². The summed E-state index contributed by atoms with van der Waals surface area (Å²) in [4.78, 5) is 22.2. The molecule has 0 aliphatic carbocycles. The molecule has 186 valence electrons. The lowest BCUT2D eigenvalue weighted by Crippen LogP contribution is -2.56. The van der Waals surface area contributed by atoms with Gasteiger partial charge in [-0.3, -0.25) is 4.79 Å². The zero-order valence-corrected chi connectivity index (χ0v) is 21.1. The quantitative estimate of drug-likeness (QED) is 0.311. The Morgan fingerprint density at radius 2 is 2.17 bits per heavy atom. The lowest BCUT2D eigenvalue weighted by Gasteiger charge is -2.37. The fraction of sp³-hybridized carbons (Fsp3) is 0.269. The summed E-state index contributed by atoms with van der Waals surface area (Å²) in [5.41, 5.74) is 0.662. The lowest BCUT2D eigenvalue weighted by atomic mass is 9.86. The van der Waals surface area contributed by atoms with Gasteiger partial charge in [-0.1, -0.05) is 17.7 Å². The summed E-state index contributed by atoms with van der Waals surface area (Å²) < 4.78 is 26.7. The van der Waals surface area contributed by atoms with E-state index in [0.717, 1.165) is 18.5 Å². The van der Waals surface area contributed by atoms with E-state index in [-0.39, 0.29) is 22.9 Å². The average molecular weight is 527 g/mol. The number of nitrogens with zero attached hydrogens (tertiary/aromatic N) is 2. The zero-order valence-electron chi connectivity index (χ0n) is 19.5. The van der Waals surface area contributed by atoms with Crippen LogP contribution in [0.5, 0.6) is 11.5 Å². The van der Waals surface area contributed by atoms with Gasteiger partial charge in [0.15, 0.2) is 28.7 Å². The molecule has 7 nitrogen and oxygen atoms in total. The van der Waals surface area contributed by atoms with Gasteiger partial charge in [-0.05, 0) is 60.0 Å². The number of rotatable bonds is 8. The third-order valence-corrected chi connectivity index (χ3v) is 7.25. The zero-order chi connectivity index (χ0) is 25.1. The molecule has 36 heavy (non-hydrogen) atoms. The van der Waals surface area contributed by atoms with Gasteiger partial charge in [-0.25, -0.2) is 14.4 Å². The van der Waals surface area contributed by atoms with E-state index in [1.165, 1.54) is 19.5 Å². The van der Waals surface area contributed by atoms with E-state index in [1.54, 1.807) is 35.6 Å². The van der Waals surface area contributed by atoms with E-state index in [4.69, 9.17) is 21.1 Å². The maximum absolute atomic E-state index is 14.6. The molecule has 0 amide bonds. The van der Waals surface area contributed by atoms with Crippen molar-refractivity contribution in [1.82, 2.24) is 15.3 Å². The molecule has 1 aliphatic heterocycles. The van der Waals surface area contributed by atoms with Crippen molar-refractivity contribution < 1.29 is 18.7 Å². The predicted octanol–water partition coefficient (Wildman–Crippen LogP) is 5.55. The third-order valence-electron chi connectivity index (χ3n) is 6.23. The van der Waals surface area contributed by atoms with Gasteiger partial charge in [0.2, 0.25) is 0 Å². The van der Waals surface area contributed by atoms with Crippen LogP contribution < -0.4 is 20.1 Å². The minimum Gasteiger partial charge on any atom is -0.493 e. The number of nitrogens with one attached hydrogen (secondary N) is 2. The number of aromatic nitrogens is 2. The molecule has 0 unspecified atom stereocenters. The van der Waals surface area contributed by atoms with Crippen LogP contribution in [0.1, 0.15) is 18.4 Å². The van der Waals surface area contributed by atoms with Crippen LogP contribution in [0.3, 0.4) is 0 Å². The molecule has 0 bridgehead atoms. The van der Waals surface area contributed by atoms with Crippen molar-refractivity contribution in [3.8, 4) is 11.5 Å². The highest BCUT2D eigenvalue weighted by Crippen LogP contribution is 2.39. The van der Waals surface area contributed by atoms with Crippen molar-refractivity contribution in [2.24, 2.45) is 0 Å². The number of hydrogen-bond donors (Lipinski definition) is 2. The molecule has 1 fully saturated rings. The topological polar surface area (TPSA) is 85.4 Å². The van der Waals surface area contributed by atoms with Crippen molar-refractivity contribution in [2.75, 3.05) is 25.5 Å². The number of ether oxygens (including phenoxy) is 2. The van der Waals surface area contributed by atoms with Gasteiger partial charge in [0.1, 0.15) is 12.1 Å². The Hall–Kier alpha value is -3.27. The summed E-state index contributed by atoms with van der Waals surface area (Å²) in [6.07, 6.45) is 3.04. The number of anilines is 2. The van der Waals surface area contributed by atoms with Gasteiger partial charge in [0.05, 0.1) is 23.3 Å². The molecule has 0 radical (unpaired) electrons. The van der Waals surface area contributed by atoms with Crippen molar-refractivity contribution >= 4 is 51.1 Å². The number of halogens is 2. The number of thiophene rings is 1. The van der Waals surface area contributed by atoms with Crippen molar-refractivity contribution in [3.63, 3.8) is 0 Å². The SMILES string of the molecule is COc1cc2ncnc(Nc3cccc(Cl)c3F)c2cc1O[C@]1(C(=O)Cc2ccsc2)CCCNC1. The normalized spacial score (nSPS) is 17.6. The average Bonchev–Trinajstić information content (AvgIpc) is 3.40. The molecular formula is C26H24ClFN4O3S. The number of carbonyl (C=O) groups is 1. The second kappa shape index (κ2) is 10.4. The highest BCUT2D eigenvalue weighted by molar-refractivity contribution is 7.08. The number of benzene rings is 2. The molecule has 2 N–H and O–H groups in total. The maximum atomic E-state index is 14.6. The predicted molar refractivity (Wildman–Crippen MR) is 139 cm³/mol. The van der Waals surface area contributed by atoms with Crippen LogP contribution in [-0.2, 0) is 11.2 Å². The molecule has 10 heteroatoms. The molecule has 1 aliphatic rings. The molecule has 0 saturated carbocycles. The Morgan fingerprint density at radius 1 is 1.28 bits per heavy atom. The van der Waals surface area contributed by atoms with Crippen molar-refractivity contribution in [3.05, 3.63) is 69.9 Å². The second-order valence-electron chi connectivity index (χ2n) is 8.58. The minimum atomic E-state index is -1.05. The Labute approximate surface area is 216 Å². The van der Waals surface area contributed by atoms with E-state index in [0.29, 0.717) is 41.2 Å². The summed E-state index contributed by atoms with van der Waals surface area (Å²) >= 11 is 7.50. The molecule has 0 spiro atoms. The van der Waals surface area contributed by atoms with Crippen LogP contribution in [0.4, 0.5) is 15.9 Å². The number of piperidine rings is 1. The van der Waals surface area contributed by atoms with Gasteiger partial charge in [-0.2, -0.15) is 11.3 Å². The molecule has 1 saturated heterocycles. The van der Waals surface area contributed by atoms with E-state index in [2.05, 4.69) is 20.6 Å². The molecule has 2 aromatic carbocycles. The number of Topliss-reactive ketones (excluding diaryl/α,β-unsaturated/α-hetero) is 1. The summed E-state index contributed by atoms with van der Waals surface area (Å²) in [6.45, 7) is 1.21. The first-order valence-electron chi connectivity index (χ1n) is 11.5. The molecule has 1 atom stereocenters. The molecule has 4 aromatic rings. The molecule has 2 aromatic heterocycles. The van der Waals surface area contributed by atoms with Gasteiger partial charge >= 0.3 is 0 Å². The van der Waals surface area contributed by atoms with Gasteiger partial charge in [0.25, 0.3) is 0 Å². The third kappa shape index (κ3) is 4.86. The monoisotopic (exact) mass is 526 g/mol. The number of fused-ring (bicyclic) bond motifs is 1.